The summed E-state index contributed by atoms with van der Waals surface area (Å²) in [6.07, 6.45) is 1.00. The zero-order chi connectivity index (χ0) is 17.4. The highest BCUT2D eigenvalue weighted by atomic mass is 127. The number of hydrogen-bond acceptors (Lipinski definition) is 2. The molecule has 5 nitrogen and oxygen atoms in total. The molecule has 0 saturated carbocycles. The summed E-state index contributed by atoms with van der Waals surface area (Å²) in [6, 6.07) is 15.3. The predicted molar refractivity (Wildman–Crippen MR) is 118 cm³/mol. The van der Waals surface area contributed by atoms with Gasteiger partial charge in [-0.2, -0.15) is 0 Å². The highest BCUT2D eigenvalue weighted by Gasteiger charge is 2.04. The molecule has 0 aliphatic carbocycles. The Morgan fingerprint density at radius 1 is 1.20 bits per heavy atom. The van der Waals surface area contributed by atoms with E-state index in [0.717, 1.165) is 16.6 Å². The van der Waals surface area contributed by atoms with Crippen molar-refractivity contribution in [2.24, 2.45) is 10.7 Å². The van der Waals surface area contributed by atoms with E-state index in [4.69, 9.17) is 5.73 Å². The van der Waals surface area contributed by atoms with Crippen LogP contribution >= 0.6 is 39.9 Å². The van der Waals surface area contributed by atoms with Crippen molar-refractivity contribution in [3.63, 3.8) is 0 Å². The lowest BCUT2D eigenvalue weighted by Crippen LogP contribution is -2.28. The molecule has 2 aromatic rings. The van der Waals surface area contributed by atoms with E-state index in [9.17, 15) is 4.79 Å². The topological polar surface area (TPSA) is 79.5 Å². The molecule has 0 aliphatic rings. The summed E-state index contributed by atoms with van der Waals surface area (Å²) in [4.78, 5) is 16.2. The molecule has 1 amide bonds. The summed E-state index contributed by atoms with van der Waals surface area (Å²) in [6.45, 7) is 2.94. The average molecular weight is 517 g/mol. The van der Waals surface area contributed by atoms with Crippen molar-refractivity contribution in [1.29, 1.82) is 0 Å². The number of anilines is 1. The highest BCUT2D eigenvalue weighted by Crippen LogP contribution is 2.11. The first-order valence-corrected chi connectivity index (χ1v) is 8.57. The number of carbonyl (C=O) groups is 1. The minimum atomic E-state index is -0.131. The van der Waals surface area contributed by atoms with Gasteiger partial charge in [-0.3, -0.25) is 9.79 Å². The van der Waals surface area contributed by atoms with Crippen LogP contribution in [0.5, 0.6) is 0 Å². The van der Waals surface area contributed by atoms with Crippen LogP contribution in [0.3, 0.4) is 0 Å². The van der Waals surface area contributed by atoms with Crippen molar-refractivity contribution < 1.29 is 4.79 Å². The molecule has 7 heteroatoms. The number of benzene rings is 2. The van der Waals surface area contributed by atoms with Crippen molar-refractivity contribution in [2.45, 2.75) is 13.3 Å². The number of nitrogens with two attached hydrogens (primary N) is 1. The molecule has 0 radical (unpaired) electrons. The van der Waals surface area contributed by atoms with Crippen LogP contribution in [0.1, 0.15) is 22.8 Å². The molecule has 2 aromatic carbocycles. The van der Waals surface area contributed by atoms with Crippen LogP contribution in [-0.4, -0.2) is 25.0 Å². The van der Waals surface area contributed by atoms with E-state index >= 15 is 0 Å². The fraction of sp³-hybridized carbons (Fsp3) is 0.222. The lowest BCUT2D eigenvalue weighted by Gasteiger charge is -2.07. The van der Waals surface area contributed by atoms with E-state index in [-0.39, 0.29) is 29.9 Å². The number of guanidine groups is 1. The summed E-state index contributed by atoms with van der Waals surface area (Å²) in [5.74, 6) is 0.198. The predicted octanol–water partition coefficient (Wildman–Crippen LogP) is 3.79. The number of nitrogens with one attached hydrogen (secondary N) is 2. The maximum Gasteiger partial charge on any atom is 0.251 e. The van der Waals surface area contributed by atoms with Gasteiger partial charge in [-0.15, -0.1) is 24.0 Å². The minimum Gasteiger partial charge on any atom is -0.370 e. The number of amides is 1. The van der Waals surface area contributed by atoms with Crippen LogP contribution in [0.4, 0.5) is 5.69 Å². The molecular formula is C18H22BrIN4O. The molecule has 4 N–H and O–H groups in total. The van der Waals surface area contributed by atoms with E-state index in [1.807, 2.05) is 36.4 Å². The molecule has 134 valence electrons. The Kier molecular flexibility index (Phi) is 9.51. The largest absolute Gasteiger partial charge is 0.370 e. The maximum absolute atomic E-state index is 12.0. The third-order valence-electron chi connectivity index (χ3n) is 3.40. The van der Waals surface area contributed by atoms with Crippen LogP contribution in [0.25, 0.3) is 0 Å². The second-order valence-corrected chi connectivity index (χ2v) is 6.12. The standard InChI is InChI=1S/C18H21BrN4O.HI/c1-2-13-6-8-16(9-7-13)23-18(20)22-11-10-21-17(24)14-4-3-5-15(19)12-14;/h3-9,12H,2,10-11H2,1H3,(H,21,24)(H3,20,22,23);1H. The summed E-state index contributed by atoms with van der Waals surface area (Å²) in [7, 11) is 0. The Labute approximate surface area is 173 Å². The van der Waals surface area contributed by atoms with Gasteiger partial charge in [0, 0.05) is 22.3 Å². The summed E-state index contributed by atoms with van der Waals surface area (Å²) in [5.41, 5.74) is 8.62. The first-order chi connectivity index (χ1) is 11.6. The smallest absolute Gasteiger partial charge is 0.251 e. The third-order valence-corrected chi connectivity index (χ3v) is 3.89. The van der Waals surface area contributed by atoms with E-state index in [1.165, 1.54) is 5.56 Å². The normalized spacial score (nSPS) is 10.7. The van der Waals surface area contributed by atoms with Crippen molar-refractivity contribution in [3.8, 4) is 0 Å². The number of rotatable bonds is 6. The number of halogens is 2. The molecular weight excluding hydrogens is 495 g/mol. The van der Waals surface area contributed by atoms with Gasteiger partial charge in [-0.1, -0.05) is 41.1 Å². The van der Waals surface area contributed by atoms with Gasteiger partial charge < -0.3 is 16.4 Å². The summed E-state index contributed by atoms with van der Waals surface area (Å²) >= 11 is 3.35. The molecule has 0 atom stereocenters. The lowest BCUT2D eigenvalue weighted by atomic mass is 10.1. The number of hydrogen-bond donors (Lipinski definition) is 3. The van der Waals surface area contributed by atoms with Crippen molar-refractivity contribution >= 4 is 57.5 Å². The van der Waals surface area contributed by atoms with Gasteiger partial charge in [0.2, 0.25) is 0 Å². The fourth-order valence-corrected chi connectivity index (χ4v) is 2.49. The molecule has 0 saturated heterocycles. The van der Waals surface area contributed by atoms with Crippen LogP contribution in [0.15, 0.2) is 58.0 Å². The second kappa shape index (κ2) is 11.1. The summed E-state index contributed by atoms with van der Waals surface area (Å²) < 4.78 is 0.871. The summed E-state index contributed by atoms with van der Waals surface area (Å²) in [5, 5.41) is 5.84. The Hall–Kier alpha value is -1.61. The van der Waals surface area contributed by atoms with Gasteiger partial charge in [0.25, 0.3) is 5.91 Å². The molecule has 25 heavy (non-hydrogen) atoms. The quantitative estimate of drug-likeness (QED) is 0.236. The van der Waals surface area contributed by atoms with E-state index in [0.29, 0.717) is 24.6 Å². The van der Waals surface area contributed by atoms with E-state index in [2.05, 4.69) is 38.5 Å². The third kappa shape index (κ3) is 7.43. The molecule has 0 spiro atoms. The lowest BCUT2D eigenvalue weighted by molar-refractivity contribution is 0.0954. The zero-order valence-electron chi connectivity index (χ0n) is 14.0. The Bertz CT molecular complexity index is 719. The molecule has 2 rings (SSSR count). The number of aryl methyl sites for hydroxylation is 1. The van der Waals surface area contributed by atoms with Crippen LogP contribution in [0, 0.1) is 0 Å². The Morgan fingerprint density at radius 3 is 2.56 bits per heavy atom. The van der Waals surface area contributed by atoms with Gasteiger partial charge in [-0.05, 0) is 42.3 Å². The number of aliphatic imine (C=N–C) groups is 1. The van der Waals surface area contributed by atoms with Crippen LogP contribution in [0.2, 0.25) is 0 Å². The average Bonchev–Trinajstić information content (AvgIpc) is 2.59. The van der Waals surface area contributed by atoms with Gasteiger partial charge in [0.15, 0.2) is 5.96 Å². The molecule has 0 aromatic heterocycles. The van der Waals surface area contributed by atoms with Crippen molar-refractivity contribution in [2.75, 3.05) is 18.4 Å². The van der Waals surface area contributed by atoms with Gasteiger partial charge in [0.1, 0.15) is 0 Å². The Morgan fingerprint density at radius 2 is 1.92 bits per heavy atom. The van der Waals surface area contributed by atoms with Crippen molar-refractivity contribution in [3.05, 3.63) is 64.1 Å². The van der Waals surface area contributed by atoms with Crippen LogP contribution < -0.4 is 16.4 Å². The second-order valence-electron chi connectivity index (χ2n) is 5.21. The molecule has 0 heterocycles. The molecule has 0 aliphatic heterocycles. The number of carbonyl (C=O) groups excluding carboxylic acids is 1. The molecule has 0 fully saturated rings. The first kappa shape index (κ1) is 21.4. The molecule has 0 unspecified atom stereocenters. The monoisotopic (exact) mass is 516 g/mol. The zero-order valence-corrected chi connectivity index (χ0v) is 17.9. The maximum atomic E-state index is 12.0. The molecule has 0 bridgehead atoms. The Balaban J connectivity index is 0.00000312. The van der Waals surface area contributed by atoms with Crippen molar-refractivity contribution in [1.82, 2.24) is 5.32 Å². The minimum absolute atomic E-state index is 0. The highest BCUT2D eigenvalue weighted by molar-refractivity contribution is 14.0. The van der Waals surface area contributed by atoms with E-state index in [1.54, 1.807) is 12.1 Å². The van der Waals surface area contributed by atoms with E-state index < -0.39 is 0 Å². The SMILES string of the molecule is CCc1ccc(NC(N)=NCCNC(=O)c2cccc(Br)c2)cc1.I. The van der Waals surface area contributed by atoms with Gasteiger partial charge >= 0.3 is 0 Å². The van der Waals surface area contributed by atoms with Gasteiger partial charge in [-0.25, -0.2) is 0 Å². The fourth-order valence-electron chi connectivity index (χ4n) is 2.09. The number of nitrogens with zero attached hydrogens (tertiary/aromatic N) is 1. The van der Waals surface area contributed by atoms with Crippen LogP contribution in [-0.2, 0) is 6.42 Å². The first-order valence-electron chi connectivity index (χ1n) is 7.78. The van der Waals surface area contributed by atoms with Gasteiger partial charge in [0.05, 0.1) is 6.54 Å².